The van der Waals surface area contributed by atoms with E-state index in [1.165, 1.54) is 71.2 Å². The number of rotatable bonds is 8. The van der Waals surface area contributed by atoms with Gasteiger partial charge in [-0.05, 0) is 79.8 Å². The van der Waals surface area contributed by atoms with Crippen LogP contribution in [0.15, 0.2) is 84.9 Å². The van der Waals surface area contributed by atoms with Crippen LogP contribution in [0.2, 0.25) is 12.1 Å². The molecule has 35 heavy (non-hydrogen) atoms. The normalized spacial score (nSPS) is 13.3. The fourth-order valence-electron chi connectivity index (χ4n) is 6.98. The van der Waals surface area contributed by atoms with Crippen LogP contribution in [-0.2, 0) is 12.8 Å². The van der Waals surface area contributed by atoms with E-state index >= 15 is 0 Å². The fraction of sp³-hybridized carbons (Fsp3) is 0.294. The summed E-state index contributed by atoms with van der Waals surface area (Å²) in [6.45, 7) is 4.74. The van der Waals surface area contributed by atoms with Crippen molar-refractivity contribution in [3.8, 4) is 22.3 Å². The van der Waals surface area contributed by atoms with Crippen LogP contribution in [0, 0.1) is 0 Å². The molecule has 0 atom stereocenters. The average molecular weight is 473 g/mol. The molecule has 0 bridgehead atoms. The Hall–Kier alpha value is -2.90. The second kappa shape index (κ2) is 9.28. The predicted octanol–water partition coefficient (Wildman–Crippen LogP) is 7.99. The third-order valence-electron chi connectivity index (χ3n) is 8.65. The highest BCUT2D eigenvalue weighted by Gasteiger charge is 2.42. The molecule has 0 amide bonds. The van der Waals surface area contributed by atoms with Crippen LogP contribution in [0.1, 0.15) is 61.8 Å². The van der Waals surface area contributed by atoms with Gasteiger partial charge in [-0.3, -0.25) is 0 Å². The van der Waals surface area contributed by atoms with Gasteiger partial charge < -0.3 is 0 Å². The minimum absolute atomic E-state index is 1.10. The van der Waals surface area contributed by atoms with Gasteiger partial charge in [-0.1, -0.05) is 124 Å². The van der Waals surface area contributed by atoms with Crippen molar-refractivity contribution in [3.63, 3.8) is 0 Å². The maximum absolute atomic E-state index is 2.55. The Balaban J connectivity index is 1.59. The molecule has 4 aromatic rings. The van der Waals surface area contributed by atoms with Crippen LogP contribution < -0.4 is 10.4 Å². The molecule has 1 heteroatoms. The molecule has 4 aromatic carbocycles. The Morgan fingerprint density at radius 1 is 0.514 bits per heavy atom. The quantitative estimate of drug-likeness (QED) is 0.197. The Labute approximate surface area is 212 Å². The van der Waals surface area contributed by atoms with E-state index in [4.69, 9.17) is 0 Å². The number of hydrogen-bond donors (Lipinski definition) is 0. The maximum atomic E-state index is 2.55. The van der Waals surface area contributed by atoms with Gasteiger partial charge in [0.2, 0.25) is 0 Å². The van der Waals surface area contributed by atoms with Gasteiger partial charge in [0.25, 0.3) is 0 Å². The minimum Gasteiger partial charge on any atom is -0.0654 e. The van der Waals surface area contributed by atoms with Crippen LogP contribution in [0.4, 0.5) is 0 Å². The van der Waals surface area contributed by atoms with Gasteiger partial charge >= 0.3 is 0 Å². The molecular formula is C34H36Si. The van der Waals surface area contributed by atoms with Gasteiger partial charge in [0.1, 0.15) is 8.07 Å². The largest absolute Gasteiger partial charge is 0.118 e. The zero-order valence-corrected chi connectivity index (χ0v) is 22.2. The Bertz CT molecular complexity index is 1270. The SMILES string of the molecule is CCCC[Si](CCCC)(c1cccc2c1Cc1ccccc1-2)c1cccc2c1Cc1ccccc1-2. The molecule has 0 spiro atoms. The van der Waals surface area contributed by atoms with Crippen molar-refractivity contribution in [2.75, 3.05) is 0 Å². The molecule has 0 fully saturated rings. The van der Waals surface area contributed by atoms with Crippen molar-refractivity contribution in [3.05, 3.63) is 107 Å². The maximum Gasteiger partial charge on any atom is 0.118 e. The average Bonchev–Trinajstić information content (AvgIpc) is 3.48. The lowest BCUT2D eigenvalue weighted by Gasteiger charge is -2.37. The molecule has 2 aliphatic carbocycles. The lowest BCUT2D eigenvalue weighted by molar-refractivity contribution is 0.837. The van der Waals surface area contributed by atoms with Crippen LogP contribution in [-0.4, -0.2) is 8.07 Å². The van der Waals surface area contributed by atoms with E-state index in [-0.39, 0.29) is 0 Å². The van der Waals surface area contributed by atoms with Crippen molar-refractivity contribution in [2.24, 2.45) is 0 Å². The number of hydrogen-bond acceptors (Lipinski definition) is 0. The summed E-state index contributed by atoms with van der Waals surface area (Å²) in [5, 5.41) is 3.47. The minimum atomic E-state index is -1.98. The fourth-order valence-corrected chi connectivity index (χ4v) is 12.9. The molecule has 176 valence electrons. The third kappa shape index (κ3) is 3.64. The molecule has 0 radical (unpaired) electrons. The summed E-state index contributed by atoms with van der Waals surface area (Å²) in [6, 6.07) is 35.5. The first-order valence-corrected chi connectivity index (χ1v) is 16.1. The number of unbranched alkanes of at least 4 members (excludes halogenated alkanes) is 2. The summed E-state index contributed by atoms with van der Waals surface area (Å²) in [7, 11) is -1.98. The van der Waals surface area contributed by atoms with Gasteiger partial charge in [0, 0.05) is 0 Å². The van der Waals surface area contributed by atoms with E-state index in [2.05, 4.69) is 98.8 Å². The zero-order chi connectivity index (χ0) is 23.8. The van der Waals surface area contributed by atoms with E-state index in [9.17, 15) is 0 Å². The summed E-state index contributed by atoms with van der Waals surface area (Å²) in [5.41, 5.74) is 12.2. The summed E-state index contributed by atoms with van der Waals surface area (Å²) in [4.78, 5) is 0. The van der Waals surface area contributed by atoms with Crippen LogP contribution >= 0.6 is 0 Å². The van der Waals surface area contributed by atoms with Crippen molar-refractivity contribution in [1.82, 2.24) is 0 Å². The van der Waals surface area contributed by atoms with Crippen molar-refractivity contribution in [2.45, 2.75) is 64.5 Å². The highest BCUT2D eigenvalue weighted by molar-refractivity contribution is 7.03. The zero-order valence-electron chi connectivity index (χ0n) is 21.2. The standard InChI is InChI=1S/C34H36Si/c1-3-5-21-35(22-6-4-2,33-19-11-17-29-27-15-9-7-13-25(27)23-31(29)33)34-20-12-18-30-28-16-10-8-14-26(28)24-32(30)34/h7-20H,3-6,21-24H2,1-2H3. The Morgan fingerprint density at radius 3 is 1.40 bits per heavy atom. The van der Waals surface area contributed by atoms with Gasteiger partial charge in [-0.15, -0.1) is 0 Å². The first kappa shape index (κ1) is 22.6. The molecule has 0 saturated heterocycles. The highest BCUT2D eigenvalue weighted by Crippen LogP contribution is 2.40. The molecule has 0 unspecified atom stereocenters. The van der Waals surface area contributed by atoms with E-state index in [1.54, 1.807) is 21.5 Å². The molecule has 0 N–H and O–H groups in total. The van der Waals surface area contributed by atoms with Gasteiger partial charge in [0.15, 0.2) is 0 Å². The molecule has 0 nitrogen and oxygen atoms in total. The van der Waals surface area contributed by atoms with Crippen LogP contribution in [0.25, 0.3) is 22.3 Å². The molecule has 6 rings (SSSR count). The van der Waals surface area contributed by atoms with Crippen molar-refractivity contribution >= 4 is 18.4 Å². The number of fused-ring (bicyclic) bond motifs is 6. The Kier molecular flexibility index (Phi) is 5.98. The van der Waals surface area contributed by atoms with Gasteiger partial charge in [0.05, 0.1) is 0 Å². The topological polar surface area (TPSA) is 0 Å². The Morgan fingerprint density at radius 2 is 0.943 bits per heavy atom. The van der Waals surface area contributed by atoms with E-state index in [1.807, 2.05) is 0 Å². The first-order valence-electron chi connectivity index (χ1n) is 13.7. The van der Waals surface area contributed by atoms with E-state index in [0.717, 1.165) is 12.8 Å². The molecule has 0 heterocycles. The van der Waals surface area contributed by atoms with Gasteiger partial charge in [-0.25, -0.2) is 0 Å². The molecule has 0 aliphatic heterocycles. The van der Waals surface area contributed by atoms with Gasteiger partial charge in [-0.2, -0.15) is 0 Å². The summed E-state index contributed by atoms with van der Waals surface area (Å²) < 4.78 is 0. The molecule has 2 aliphatic rings. The second-order valence-corrected chi connectivity index (χ2v) is 14.9. The third-order valence-corrected chi connectivity index (χ3v) is 14.1. The molecular weight excluding hydrogens is 436 g/mol. The number of benzene rings is 4. The lowest BCUT2D eigenvalue weighted by Crippen LogP contribution is -2.60. The van der Waals surface area contributed by atoms with Crippen LogP contribution in [0.5, 0.6) is 0 Å². The monoisotopic (exact) mass is 472 g/mol. The van der Waals surface area contributed by atoms with E-state index < -0.39 is 8.07 Å². The van der Waals surface area contributed by atoms with Crippen LogP contribution in [0.3, 0.4) is 0 Å². The first-order chi connectivity index (χ1) is 17.3. The smallest absolute Gasteiger partial charge is 0.0654 e. The summed E-state index contributed by atoms with van der Waals surface area (Å²) in [6.07, 6.45) is 7.39. The molecule has 0 aromatic heterocycles. The second-order valence-electron chi connectivity index (χ2n) is 10.6. The lowest BCUT2D eigenvalue weighted by atomic mass is 10.1. The highest BCUT2D eigenvalue weighted by atomic mass is 28.3. The van der Waals surface area contributed by atoms with E-state index in [0.29, 0.717) is 0 Å². The summed E-state index contributed by atoms with van der Waals surface area (Å²) in [5.74, 6) is 0. The van der Waals surface area contributed by atoms with Crippen molar-refractivity contribution < 1.29 is 0 Å². The molecule has 0 saturated carbocycles. The predicted molar refractivity (Wildman–Crippen MR) is 154 cm³/mol. The summed E-state index contributed by atoms with van der Waals surface area (Å²) >= 11 is 0. The van der Waals surface area contributed by atoms with Crippen molar-refractivity contribution in [1.29, 1.82) is 0 Å².